The minimum atomic E-state index is -4.41. The van der Waals surface area contributed by atoms with Gasteiger partial charge in [-0.2, -0.15) is 13.2 Å². The molecule has 4 nitrogen and oxygen atoms in total. The predicted molar refractivity (Wildman–Crippen MR) is 73.4 cm³/mol. The van der Waals surface area contributed by atoms with E-state index in [1.54, 1.807) is 7.05 Å². The van der Waals surface area contributed by atoms with Gasteiger partial charge in [-0.15, -0.1) is 0 Å². The van der Waals surface area contributed by atoms with Gasteiger partial charge in [0.1, 0.15) is 11.4 Å². The van der Waals surface area contributed by atoms with Gasteiger partial charge in [-0.05, 0) is 30.9 Å². The summed E-state index contributed by atoms with van der Waals surface area (Å²) in [5.74, 6) is -0.184. The molecule has 1 fully saturated rings. The normalized spacial score (nSPS) is 16.7. The minimum absolute atomic E-state index is 0.0662. The first-order valence-electron chi connectivity index (χ1n) is 6.77. The van der Waals surface area contributed by atoms with Crippen molar-refractivity contribution in [1.29, 1.82) is 0 Å². The van der Waals surface area contributed by atoms with Gasteiger partial charge in [0.25, 0.3) is 5.91 Å². The smallest absolute Gasteiger partial charge is 0.373 e. The van der Waals surface area contributed by atoms with Gasteiger partial charge in [0.15, 0.2) is 0 Å². The zero-order valence-corrected chi connectivity index (χ0v) is 12.1. The highest BCUT2D eigenvalue weighted by Gasteiger charge is 2.64. The maximum atomic E-state index is 12.9. The quantitative estimate of drug-likeness (QED) is 0.898. The molecule has 2 rings (SSSR count). The number of rotatable bonds is 4. The Morgan fingerprint density at radius 3 is 2.38 bits per heavy atom. The highest BCUT2D eigenvalue weighted by molar-refractivity contribution is 5.95. The van der Waals surface area contributed by atoms with E-state index in [2.05, 4.69) is 15.6 Å². The number of carbonyl (C=O) groups is 1. The number of nitrogens with one attached hydrogen (secondary N) is 2. The van der Waals surface area contributed by atoms with Crippen LogP contribution >= 0.6 is 0 Å². The van der Waals surface area contributed by atoms with Crippen molar-refractivity contribution in [2.45, 2.75) is 44.3 Å². The fraction of sp³-hybridized carbons (Fsp3) is 0.571. The molecule has 0 aliphatic heterocycles. The second-order valence-corrected chi connectivity index (χ2v) is 5.60. The Morgan fingerprint density at radius 2 is 1.95 bits per heavy atom. The average Bonchev–Trinajstić information content (AvgIpc) is 3.18. The number of anilines is 1. The van der Waals surface area contributed by atoms with Crippen LogP contribution in [-0.4, -0.2) is 29.7 Å². The molecular weight excluding hydrogens is 283 g/mol. The number of halogens is 3. The van der Waals surface area contributed by atoms with E-state index in [-0.39, 0.29) is 24.3 Å². The number of nitrogens with zero attached hydrogens (tertiary/aromatic N) is 1. The summed E-state index contributed by atoms with van der Waals surface area (Å²) >= 11 is 0. The second kappa shape index (κ2) is 5.20. The van der Waals surface area contributed by atoms with E-state index in [1.807, 2.05) is 13.8 Å². The van der Waals surface area contributed by atoms with Gasteiger partial charge < -0.3 is 10.6 Å². The van der Waals surface area contributed by atoms with Crippen LogP contribution in [0.4, 0.5) is 19.0 Å². The SMILES string of the molecule is CNc1cc(C(=O)NC2(C(F)(F)F)CC2)cc(C(C)C)n1. The Kier molecular flexibility index (Phi) is 3.86. The molecule has 0 saturated heterocycles. The molecule has 21 heavy (non-hydrogen) atoms. The lowest BCUT2D eigenvalue weighted by Gasteiger charge is -2.21. The maximum absolute atomic E-state index is 12.9. The van der Waals surface area contributed by atoms with Crippen LogP contribution in [0.25, 0.3) is 0 Å². The number of hydrogen-bond donors (Lipinski definition) is 2. The molecule has 7 heteroatoms. The lowest BCUT2D eigenvalue weighted by Crippen LogP contribution is -2.47. The van der Waals surface area contributed by atoms with Gasteiger partial charge in [0, 0.05) is 18.3 Å². The largest absolute Gasteiger partial charge is 0.411 e. The van der Waals surface area contributed by atoms with Crippen LogP contribution < -0.4 is 10.6 Å². The maximum Gasteiger partial charge on any atom is 0.411 e. The van der Waals surface area contributed by atoms with E-state index in [9.17, 15) is 18.0 Å². The third kappa shape index (κ3) is 3.11. The Hall–Kier alpha value is -1.79. The van der Waals surface area contributed by atoms with Crippen LogP contribution in [0.1, 0.15) is 48.7 Å². The van der Waals surface area contributed by atoms with Crippen LogP contribution in [0.2, 0.25) is 0 Å². The number of pyridine rings is 1. The molecule has 1 heterocycles. The summed E-state index contributed by atoms with van der Waals surface area (Å²) in [6.45, 7) is 3.81. The first-order chi connectivity index (χ1) is 9.68. The van der Waals surface area contributed by atoms with Crippen molar-refractivity contribution in [2.75, 3.05) is 12.4 Å². The topological polar surface area (TPSA) is 54.0 Å². The lowest BCUT2D eigenvalue weighted by molar-refractivity contribution is -0.163. The summed E-state index contributed by atoms with van der Waals surface area (Å²) in [6, 6.07) is 2.99. The van der Waals surface area contributed by atoms with Gasteiger partial charge in [-0.3, -0.25) is 4.79 Å². The van der Waals surface area contributed by atoms with Crippen LogP contribution in [0.5, 0.6) is 0 Å². The lowest BCUT2D eigenvalue weighted by atomic mass is 10.1. The van der Waals surface area contributed by atoms with Crippen molar-refractivity contribution < 1.29 is 18.0 Å². The number of amides is 1. The Labute approximate surface area is 121 Å². The number of aromatic nitrogens is 1. The van der Waals surface area contributed by atoms with Crippen molar-refractivity contribution in [3.63, 3.8) is 0 Å². The summed E-state index contributed by atoms with van der Waals surface area (Å²) in [7, 11) is 1.65. The predicted octanol–water partition coefficient (Wildman–Crippen LogP) is 3.07. The highest BCUT2D eigenvalue weighted by atomic mass is 19.4. The Balaban J connectivity index is 2.25. The van der Waals surface area contributed by atoms with Crippen molar-refractivity contribution >= 4 is 11.7 Å². The van der Waals surface area contributed by atoms with Gasteiger partial charge >= 0.3 is 6.18 Å². The summed E-state index contributed by atoms with van der Waals surface area (Å²) in [6.07, 6.45) is -4.55. The van der Waals surface area contributed by atoms with Gasteiger partial charge in [-0.1, -0.05) is 13.8 Å². The molecule has 1 aliphatic carbocycles. The first-order valence-corrected chi connectivity index (χ1v) is 6.77. The highest BCUT2D eigenvalue weighted by Crippen LogP contribution is 2.49. The molecular formula is C14H18F3N3O. The molecule has 0 radical (unpaired) electrons. The minimum Gasteiger partial charge on any atom is -0.373 e. The molecule has 2 N–H and O–H groups in total. The fourth-order valence-corrected chi connectivity index (χ4v) is 2.00. The van der Waals surface area contributed by atoms with Gasteiger partial charge in [0.05, 0.1) is 0 Å². The standard InChI is InChI=1S/C14H18F3N3O/c1-8(2)10-6-9(7-11(18-3)19-10)12(21)20-13(4-5-13)14(15,16)17/h6-8H,4-5H2,1-3H3,(H,18,19)(H,20,21). The van der Waals surface area contributed by atoms with E-state index in [1.165, 1.54) is 12.1 Å². The van der Waals surface area contributed by atoms with Crippen LogP contribution in [0, 0.1) is 0 Å². The molecule has 1 aliphatic rings. The molecule has 1 saturated carbocycles. The third-order valence-electron chi connectivity index (χ3n) is 3.60. The van der Waals surface area contributed by atoms with E-state index < -0.39 is 17.6 Å². The second-order valence-electron chi connectivity index (χ2n) is 5.60. The van der Waals surface area contributed by atoms with E-state index in [0.29, 0.717) is 11.5 Å². The van der Waals surface area contributed by atoms with Crippen LogP contribution in [-0.2, 0) is 0 Å². The monoisotopic (exact) mass is 301 g/mol. The van der Waals surface area contributed by atoms with E-state index in [0.717, 1.165) is 0 Å². The van der Waals surface area contributed by atoms with Crippen LogP contribution in [0.3, 0.4) is 0 Å². The first kappa shape index (κ1) is 15.6. The molecule has 0 atom stereocenters. The molecule has 0 unspecified atom stereocenters. The zero-order chi connectivity index (χ0) is 15.8. The summed E-state index contributed by atoms with van der Waals surface area (Å²) in [5, 5.41) is 4.93. The zero-order valence-electron chi connectivity index (χ0n) is 12.1. The molecule has 1 amide bonds. The van der Waals surface area contributed by atoms with Crippen molar-refractivity contribution in [3.8, 4) is 0 Å². The molecule has 1 aromatic rings. The van der Waals surface area contributed by atoms with Crippen LogP contribution in [0.15, 0.2) is 12.1 Å². The van der Waals surface area contributed by atoms with Gasteiger partial charge in [0.2, 0.25) is 0 Å². The Bertz CT molecular complexity index is 551. The molecule has 0 bridgehead atoms. The van der Waals surface area contributed by atoms with E-state index in [4.69, 9.17) is 0 Å². The average molecular weight is 301 g/mol. The van der Waals surface area contributed by atoms with Crippen molar-refractivity contribution in [1.82, 2.24) is 10.3 Å². The number of alkyl halides is 3. The van der Waals surface area contributed by atoms with Gasteiger partial charge in [-0.25, -0.2) is 4.98 Å². The number of carbonyl (C=O) groups excluding carboxylic acids is 1. The van der Waals surface area contributed by atoms with Crippen molar-refractivity contribution in [2.24, 2.45) is 0 Å². The molecule has 116 valence electrons. The summed E-state index contributed by atoms with van der Waals surface area (Å²) < 4.78 is 38.7. The Morgan fingerprint density at radius 1 is 1.33 bits per heavy atom. The summed E-state index contributed by atoms with van der Waals surface area (Å²) in [5.41, 5.74) is -1.21. The number of hydrogen-bond acceptors (Lipinski definition) is 3. The summed E-state index contributed by atoms with van der Waals surface area (Å²) in [4.78, 5) is 16.4. The van der Waals surface area contributed by atoms with Crippen molar-refractivity contribution in [3.05, 3.63) is 23.4 Å². The molecule has 0 aromatic carbocycles. The molecule has 0 spiro atoms. The third-order valence-corrected chi connectivity index (χ3v) is 3.60. The fourth-order valence-electron chi connectivity index (χ4n) is 2.00. The molecule has 1 aromatic heterocycles. The van der Waals surface area contributed by atoms with E-state index >= 15 is 0 Å².